The van der Waals surface area contributed by atoms with Gasteiger partial charge in [-0.3, -0.25) is 19.6 Å². The third-order valence-corrected chi connectivity index (χ3v) is 10.6. The lowest BCUT2D eigenvalue weighted by atomic mass is 9.44. The molecule has 0 aromatic carbocycles. The summed E-state index contributed by atoms with van der Waals surface area (Å²) in [4.78, 5) is 23.9. The number of aromatic nitrogens is 2. The van der Waals surface area contributed by atoms with Crippen LogP contribution in [0.5, 0.6) is 0 Å². The molecule has 182 valence electrons. The van der Waals surface area contributed by atoms with Gasteiger partial charge in [-0.25, -0.2) is 0 Å². The SMILES string of the molecule is COCC12CCC(C)CC1CCC1C3CCC(C(=O)Cn4cc([N+](=O)[O-])cn4)C3(C)CCC12. The maximum atomic E-state index is 13.4. The van der Waals surface area contributed by atoms with Crippen LogP contribution in [0.3, 0.4) is 0 Å². The van der Waals surface area contributed by atoms with Crippen LogP contribution in [0.2, 0.25) is 0 Å². The van der Waals surface area contributed by atoms with Gasteiger partial charge in [-0.05, 0) is 91.8 Å². The van der Waals surface area contributed by atoms with E-state index >= 15 is 0 Å². The first-order valence-corrected chi connectivity index (χ1v) is 13.0. The molecule has 4 saturated carbocycles. The second kappa shape index (κ2) is 8.47. The molecule has 4 aliphatic carbocycles. The molecule has 0 bridgehead atoms. The smallest absolute Gasteiger partial charge is 0.307 e. The Morgan fingerprint density at radius 1 is 1.21 bits per heavy atom. The topological polar surface area (TPSA) is 87.3 Å². The van der Waals surface area contributed by atoms with Gasteiger partial charge in [0.2, 0.25) is 0 Å². The van der Waals surface area contributed by atoms with E-state index in [-0.39, 0.29) is 29.3 Å². The van der Waals surface area contributed by atoms with Gasteiger partial charge < -0.3 is 4.74 Å². The first-order chi connectivity index (χ1) is 15.8. The zero-order chi connectivity index (χ0) is 23.4. The molecule has 33 heavy (non-hydrogen) atoms. The van der Waals surface area contributed by atoms with Crippen molar-refractivity contribution in [3.8, 4) is 0 Å². The number of nitrogens with zero attached hydrogens (tertiary/aromatic N) is 3. The predicted octanol–water partition coefficient (Wildman–Crippen LogP) is 5.28. The van der Waals surface area contributed by atoms with E-state index < -0.39 is 4.92 Å². The molecule has 8 atom stereocenters. The average Bonchev–Trinajstić information content (AvgIpc) is 3.38. The molecule has 0 spiro atoms. The lowest BCUT2D eigenvalue weighted by Gasteiger charge is -2.61. The number of Topliss-reactive ketones (excluding diaryl/α,β-unsaturated/α-hetero) is 1. The molecule has 1 aromatic heterocycles. The minimum Gasteiger partial charge on any atom is -0.384 e. The van der Waals surface area contributed by atoms with Crippen LogP contribution in [0.15, 0.2) is 12.4 Å². The van der Waals surface area contributed by atoms with Crippen molar-refractivity contribution >= 4 is 11.5 Å². The van der Waals surface area contributed by atoms with Gasteiger partial charge >= 0.3 is 5.69 Å². The third kappa shape index (κ3) is 3.65. The Morgan fingerprint density at radius 3 is 2.76 bits per heavy atom. The lowest BCUT2D eigenvalue weighted by Crippen LogP contribution is -2.56. The number of rotatable bonds is 6. The van der Waals surface area contributed by atoms with Crippen LogP contribution in [0.1, 0.15) is 71.6 Å². The molecule has 0 saturated heterocycles. The van der Waals surface area contributed by atoms with E-state index in [1.807, 2.05) is 7.11 Å². The minimum absolute atomic E-state index is 0.0363. The highest BCUT2D eigenvalue weighted by atomic mass is 16.6. The summed E-state index contributed by atoms with van der Waals surface area (Å²) in [7, 11) is 1.88. The van der Waals surface area contributed by atoms with Crippen LogP contribution < -0.4 is 0 Å². The highest BCUT2D eigenvalue weighted by Gasteiger charge is 2.62. The summed E-state index contributed by atoms with van der Waals surface area (Å²) in [5.74, 6) is 3.89. The number of carbonyl (C=O) groups excluding carboxylic acids is 1. The summed E-state index contributed by atoms with van der Waals surface area (Å²) < 4.78 is 7.34. The number of nitro groups is 1. The molecule has 1 aromatic rings. The molecule has 0 radical (unpaired) electrons. The normalized spacial score (nSPS) is 42.3. The standard InChI is InChI=1S/C26H39N3O4/c1-17-8-11-26(16-33-3)18(12-17)4-5-20-21-6-7-23(25(21,2)10-9-22(20)26)24(30)15-28-14-19(13-27-28)29(31)32/h13-14,17-18,20-23H,4-12,15-16H2,1-3H3. The molecule has 0 amide bonds. The fourth-order valence-electron chi connectivity index (χ4n) is 9.15. The summed E-state index contributed by atoms with van der Waals surface area (Å²) in [6, 6.07) is 0. The van der Waals surface area contributed by atoms with Gasteiger partial charge in [-0.2, -0.15) is 5.10 Å². The van der Waals surface area contributed by atoms with Crippen molar-refractivity contribution in [2.45, 2.75) is 78.2 Å². The van der Waals surface area contributed by atoms with Crippen LogP contribution in [0, 0.1) is 56.5 Å². The number of carbonyl (C=O) groups is 1. The van der Waals surface area contributed by atoms with Crippen molar-refractivity contribution in [3.63, 3.8) is 0 Å². The number of hydrogen-bond donors (Lipinski definition) is 0. The summed E-state index contributed by atoms with van der Waals surface area (Å²) in [5, 5.41) is 15.0. The van der Waals surface area contributed by atoms with E-state index in [9.17, 15) is 14.9 Å². The van der Waals surface area contributed by atoms with Crippen molar-refractivity contribution in [2.24, 2.45) is 46.3 Å². The van der Waals surface area contributed by atoms with Gasteiger partial charge in [-0.15, -0.1) is 0 Å². The molecule has 1 heterocycles. The van der Waals surface area contributed by atoms with E-state index in [1.165, 1.54) is 55.6 Å². The molecular weight excluding hydrogens is 418 g/mol. The quantitative estimate of drug-likeness (QED) is 0.428. The highest BCUT2D eigenvalue weighted by Crippen LogP contribution is 2.68. The Kier molecular flexibility index (Phi) is 5.91. The number of fused-ring (bicyclic) bond motifs is 5. The Balaban J connectivity index is 1.35. The molecule has 0 aliphatic heterocycles. The number of ether oxygens (including phenoxy) is 1. The fourth-order valence-corrected chi connectivity index (χ4v) is 9.15. The third-order valence-electron chi connectivity index (χ3n) is 10.6. The zero-order valence-electron chi connectivity index (χ0n) is 20.4. The Morgan fingerprint density at radius 2 is 2.03 bits per heavy atom. The van der Waals surface area contributed by atoms with Gasteiger partial charge in [0.05, 0.1) is 11.5 Å². The largest absolute Gasteiger partial charge is 0.384 e. The predicted molar refractivity (Wildman–Crippen MR) is 124 cm³/mol. The fraction of sp³-hybridized carbons (Fsp3) is 0.846. The van der Waals surface area contributed by atoms with Crippen LogP contribution in [-0.4, -0.2) is 34.2 Å². The van der Waals surface area contributed by atoms with Crippen molar-refractivity contribution in [1.29, 1.82) is 0 Å². The zero-order valence-corrected chi connectivity index (χ0v) is 20.4. The van der Waals surface area contributed by atoms with E-state index in [2.05, 4.69) is 18.9 Å². The van der Waals surface area contributed by atoms with Crippen molar-refractivity contribution < 1.29 is 14.5 Å². The minimum atomic E-state index is -0.458. The summed E-state index contributed by atoms with van der Waals surface area (Å²) in [6.07, 6.45) is 13.6. The summed E-state index contributed by atoms with van der Waals surface area (Å²) >= 11 is 0. The molecule has 7 nitrogen and oxygen atoms in total. The Hall–Kier alpha value is -1.76. The second-order valence-corrected chi connectivity index (χ2v) is 12.0. The average molecular weight is 458 g/mol. The van der Waals surface area contributed by atoms with Gasteiger partial charge in [-0.1, -0.05) is 20.3 Å². The van der Waals surface area contributed by atoms with Gasteiger partial charge in [0.1, 0.15) is 18.9 Å². The van der Waals surface area contributed by atoms with Gasteiger partial charge in [0.25, 0.3) is 0 Å². The first-order valence-electron chi connectivity index (χ1n) is 13.0. The summed E-state index contributed by atoms with van der Waals surface area (Å²) in [6.45, 7) is 5.83. The number of ketones is 1. The van der Waals surface area contributed by atoms with Crippen molar-refractivity contribution in [2.75, 3.05) is 13.7 Å². The van der Waals surface area contributed by atoms with Crippen LogP contribution in [0.4, 0.5) is 5.69 Å². The van der Waals surface area contributed by atoms with Crippen LogP contribution in [0.25, 0.3) is 0 Å². The van der Waals surface area contributed by atoms with E-state index in [0.717, 1.165) is 43.6 Å². The maximum Gasteiger partial charge on any atom is 0.307 e. The monoisotopic (exact) mass is 457 g/mol. The van der Waals surface area contributed by atoms with Crippen molar-refractivity contribution in [1.82, 2.24) is 9.78 Å². The highest BCUT2D eigenvalue weighted by molar-refractivity contribution is 5.82. The molecule has 4 fully saturated rings. The Labute approximate surface area is 196 Å². The molecular formula is C26H39N3O4. The first kappa shape index (κ1) is 23.0. The number of methoxy groups -OCH3 is 1. The van der Waals surface area contributed by atoms with Gasteiger partial charge in [0.15, 0.2) is 5.78 Å². The second-order valence-electron chi connectivity index (χ2n) is 12.0. The molecule has 5 rings (SSSR count). The molecule has 0 N–H and O–H groups in total. The summed E-state index contributed by atoms with van der Waals surface area (Å²) in [5.41, 5.74) is 0.322. The van der Waals surface area contributed by atoms with Crippen LogP contribution >= 0.6 is 0 Å². The van der Waals surface area contributed by atoms with Gasteiger partial charge in [0, 0.05) is 13.0 Å². The number of hydrogen-bond acceptors (Lipinski definition) is 5. The van der Waals surface area contributed by atoms with E-state index in [0.29, 0.717) is 17.3 Å². The maximum absolute atomic E-state index is 13.4. The van der Waals surface area contributed by atoms with Crippen molar-refractivity contribution in [3.05, 3.63) is 22.5 Å². The van der Waals surface area contributed by atoms with E-state index in [4.69, 9.17) is 4.74 Å². The lowest BCUT2D eigenvalue weighted by molar-refractivity contribution is -0.385. The van der Waals surface area contributed by atoms with Crippen LogP contribution in [-0.2, 0) is 16.1 Å². The van der Waals surface area contributed by atoms with E-state index in [1.54, 1.807) is 0 Å². The molecule has 7 heteroatoms. The molecule has 8 unspecified atom stereocenters. The Bertz CT molecular complexity index is 915. The molecule has 4 aliphatic rings.